The largest absolute Gasteiger partial charge is 0.333 e. The molecule has 0 aromatic heterocycles. The molecule has 0 radical (unpaired) electrons. The van der Waals surface area contributed by atoms with Crippen LogP contribution in [0.5, 0.6) is 0 Å². The zero-order chi connectivity index (χ0) is 12.1. The number of urea groups is 1. The second kappa shape index (κ2) is 5.95. The Labute approximate surface area is 93.6 Å². The van der Waals surface area contributed by atoms with Crippen molar-refractivity contribution in [2.75, 3.05) is 34.2 Å². The van der Waals surface area contributed by atoms with Gasteiger partial charge < -0.3 is 15.1 Å². The summed E-state index contributed by atoms with van der Waals surface area (Å²) in [6.07, 6.45) is 1.00. The summed E-state index contributed by atoms with van der Waals surface area (Å²) in [6.45, 7) is 7.75. The monoisotopic (exact) mass is 215 g/mol. The molecule has 0 heterocycles. The van der Waals surface area contributed by atoms with E-state index in [1.165, 1.54) is 0 Å². The first-order chi connectivity index (χ1) is 6.72. The molecule has 90 valence electrons. The quantitative estimate of drug-likeness (QED) is 0.769. The standard InChI is InChI=1S/C11H25N3O/c1-11(2,3)12-10(15)14(6)9-7-8-13(4)5/h7-9H2,1-6H3,(H,12,15). The predicted octanol–water partition coefficient (Wildman–Crippen LogP) is 1.38. The molecule has 4 nitrogen and oxygen atoms in total. The lowest BCUT2D eigenvalue weighted by Gasteiger charge is -2.26. The third-order valence-corrected chi connectivity index (χ3v) is 1.93. The molecule has 0 rings (SSSR count). The third kappa shape index (κ3) is 8.24. The van der Waals surface area contributed by atoms with Crippen LogP contribution in [0.2, 0.25) is 0 Å². The summed E-state index contributed by atoms with van der Waals surface area (Å²) in [5.41, 5.74) is -0.160. The molecule has 2 amide bonds. The highest BCUT2D eigenvalue weighted by Gasteiger charge is 2.16. The topological polar surface area (TPSA) is 35.6 Å². The van der Waals surface area contributed by atoms with Crippen molar-refractivity contribution in [2.24, 2.45) is 0 Å². The molecular formula is C11H25N3O. The van der Waals surface area contributed by atoms with Gasteiger partial charge in [0, 0.05) is 19.1 Å². The number of hydrogen-bond acceptors (Lipinski definition) is 2. The van der Waals surface area contributed by atoms with Crippen molar-refractivity contribution in [3.63, 3.8) is 0 Å². The molecule has 0 aliphatic heterocycles. The van der Waals surface area contributed by atoms with Crippen molar-refractivity contribution in [1.29, 1.82) is 0 Å². The van der Waals surface area contributed by atoms with Gasteiger partial charge >= 0.3 is 6.03 Å². The molecule has 0 spiro atoms. The van der Waals surface area contributed by atoms with Gasteiger partial charge in [-0.25, -0.2) is 4.79 Å². The highest BCUT2D eigenvalue weighted by Crippen LogP contribution is 2.00. The molecule has 0 saturated heterocycles. The van der Waals surface area contributed by atoms with Crippen molar-refractivity contribution in [2.45, 2.75) is 32.7 Å². The van der Waals surface area contributed by atoms with E-state index in [1.54, 1.807) is 4.90 Å². The summed E-state index contributed by atoms with van der Waals surface area (Å²) in [5, 5.41) is 2.93. The summed E-state index contributed by atoms with van der Waals surface area (Å²) >= 11 is 0. The highest BCUT2D eigenvalue weighted by molar-refractivity contribution is 5.74. The van der Waals surface area contributed by atoms with Crippen molar-refractivity contribution in [3.8, 4) is 0 Å². The smallest absolute Gasteiger partial charge is 0.317 e. The first-order valence-corrected chi connectivity index (χ1v) is 5.40. The molecule has 0 atom stereocenters. The summed E-state index contributed by atoms with van der Waals surface area (Å²) in [7, 11) is 5.90. The Morgan fingerprint density at radius 3 is 2.07 bits per heavy atom. The van der Waals surface area contributed by atoms with E-state index in [-0.39, 0.29) is 11.6 Å². The minimum atomic E-state index is -0.160. The zero-order valence-corrected chi connectivity index (χ0v) is 10.9. The van der Waals surface area contributed by atoms with E-state index in [0.29, 0.717) is 0 Å². The van der Waals surface area contributed by atoms with Crippen molar-refractivity contribution in [3.05, 3.63) is 0 Å². The summed E-state index contributed by atoms with van der Waals surface area (Å²) in [6, 6.07) is 0.00116. The number of amides is 2. The minimum Gasteiger partial charge on any atom is -0.333 e. The maximum atomic E-state index is 11.6. The van der Waals surface area contributed by atoms with E-state index < -0.39 is 0 Å². The maximum absolute atomic E-state index is 11.6. The van der Waals surface area contributed by atoms with Crippen LogP contribution in [0.3, 0.4) is 0 Å². The molecule has 0 aromatic carbocycles. The van der Waals surface area contributed by atoms with Crippen LogP contribution in [0.4, 0.5) is 4.79 Å². The Kier molecular flexibility index (Phi) is 5.65. The van der Waals surface area contributed by atoms with E-state index in [0.717, 1.165) is 19.5 Å². The Morgan fingerprint density at radius 2 is 1.67 bits per heavy atom. The van der Waals surface area contributed by atoms with E-state index in [4.69, 9.17) is 0 Å². The SMILES string of the molecule is CN(C)CCCN(C)C(=O)NC(C)(C)C. The molecule has 0 aliphatic carbocycles. The van der Waals surface area contributed by atoms with Crippen molar-refractivity contribution in [1.82, 2.24) is 15.1 Å². The number of nitrogens with one attached hydrogen (secondary N) is 1. The van der Waals surface area contributed by atoms with E-state index in [1.807, 2.05) is 41.9 Å². The Hall–Kier alpha value is -0.770. The predicted molar refractivity (Wildman–Crippen MR) is 64.1 cm³/mol. The van der Waals surface area contributed by atoms with Gasteiger partial charge in [-0.15, -0.1) is 0 Å². The maximum Gasteiger partial charge on any atom is 0.317 e. The van der Waals surface area contributed by atoms with Crippen molar-refractivity contribution < 1.29 is 4.79 Å². The van der Waals surface area contributed by atoms with Crippen LogP contribution in [0.25, 0.3) is 0 Å². The second-order valence-corrected chi connectivity index (χ2v) is 5.26. The van der Waals surface area contributed by atoms with Crippen LogP contribution in [-0.4, -0.2) is 55.6 Å². The number of hydrogen-bond donors (Lipinski definition) is 1. The molecule has 0 fully saturated rings. The molecule has 0 unspecified atom stereocenters. The number of carbonyl (C=O) groups is 1. The summed E-state index contributed by atoms with van der Waals surface area (Å²) in [5.74, 6) is 0. The van der Waals surface area contributed by atoms with Crippen LogP contribution in [0.15, 0.2) is 0 Å². The first-order valence-electron chi connectivity index (χ1n) is 5.40. The molecule has 4 heteroatoms. The Bertz CT molecular complexity index is 196. The highest BCUT2D eigenvalue weighted by atomic mass is 16.2. The van der Waals surface area contributed by atoms with E-state index >= 15 is 0 Å². The zero-order valence-electron chi connectivity index (χ0n) is 10.9. The average Bonchev–Trinajstić information content (AvgIpc) is 1.99. The lowest BCUT2D eigenvalue weighted by atomic mass is 10.1. The van der Waals surface area contributed by atoms with Gasteiger partial charge in [-0.3, -0.25) is 0 Å². The summed E-state index contributed by atoms with van der Waals surface area (Å²) < 4.78 is 0. The number of nitrogens with zero attached hydrogens (tertiary/aromatic N) is 2. The lowest BCUT2D eigenvalue weighted by Crippen LogP contribution is -2.47. The first kappa shape index (κ1) is 14.2. The molecule has 1 N–H and O–H groups in total. The van der Waals surface area contributed by atoms with Crippen LogP contribution >= 0.6 is 0 Å². The van der Waals surface area contributed by atoms with Crippen LogP contribution in [0.1, 0.15) is 27.2 Å². The Morgan fingerprint density at radius 1 is 1.13 bits per heavy atom. The van der Waals surface area contributed by atoms with Gasteiger partial charge in [0.25, 0.3) is 0 Å². The van der Waals surface area contributed by atoms with Gasteiger partial charge in [-0.1, -0.05) is 0 Å². The second-order valence-electron chi connectivity index (χ2n) is 5.26. The lowest BCUT2D eigenvalue weighted by molar-refractivity contribution is 0.197. The molecule has 0 aromatic rings. The summed E-state index contributed by atoms with van der Waals surface area (Å²) in [4.78, 5) is 15.5. The van der Waals surface area contributed by atoms with E-state index in [9.17, 15) is 4.79 Å². The Balaban J connectivity index is 3.80. The van der Waals surface area contributed by atoms with Gasteiger partial charge in [0.2, 0.25) is 0 Å². The van der Waals surface area contributed by atoms with E-state index in [2.05, 4.69) is 10.2 Å². The van der Waals surface area contributed by atoms with Gasteiger partial charge in [0.1, 0.15) is 0 Å². The van der Waals surface area contributed by atoms with Gasteiger partial charge in [0.15, 0.2) is 0 Å². The van der Waals surface area contributed by atoms with Crippen molar-refractivity contribution >= 4 is 6.03 Å². The fourth-order valence-electron chi connectivity index (χ4n) is 1.14. The minimum absolute atomic E-state index is 0.00116. The average molecular weight is 215 g/mol. The van der Waals surface area contributed by atoms with Gasteiger partial charge in [-0.05, 0) is 47.8 Å². The molecule has 0 aliphatic rings. The number of carbonyl (C=O) groups excluding carboxylic acids is 1. The third-order valence-electron chi connectivity index (χ3n) is 1.93. The van der Waals surface area contributed by atoms with Crippen LogP contribution in [0, 0.1) is 0 Å². The van der Waals surface area contributed by atoms with Crippen LogP contribution in [-0.2, 0) is 0 Å². The number of rotatable bonds is 4. The van der Waals surface area contributed by atoms with Gasteiger partial charge in [-0.2, -0.15) is 0 Å². The molecule has 15 heavy (non-hydrogen) atoms. The molecule has 0 saturated carbocycles. The van der Waals surface area contributed by atoms with Crippen LogP contribution < -0.4 is 5.32 Å². The normalized spacial score (nSPS) is 11.7. The molecule has 0 bridgehead atoms. The molecular weight excluding hydrogens is 190 g/mol. The fraction of sp³-hybridized carbons (Fsp3) is 0.909. The fourth-order valence-corrected chi connectivity index (χ4v) is 1.14. The van der Waals surface area contributed by atoms with Gasteiger partial charge in [0.05, 0.1) is 0 Å².